The predicted molar refractivity (Wildman–Crippen MR) is 90.9 cm³/mol. The van der Waals surface area contributed by atoms with Crippen LogP contribution in [0, 0.1) is 0 Å². The van der Waals surface area contributed by atoms with Gasteiger partial charge in [-0.3, -0.25) is 4.99 Å². The minimum atomic E-state index is -0.664. The summed E-state index contributed by atoms with van der Waals surface area (Å²) >= 11 is 0. The predicted octanol–water partition coefficient (Wildman–Crippen LogP) is 3.27. The van der Waals surface area contributed by atoms with Crippen molar-refractivity contribution in [1.82, 2.24) is 0 Å². The molecule has 0 aliphatic rings. The zero-order valence-corrected chi connectivity index (χ0v) is 13.1. The van der Waals surface area contributed by atoms with Crippen molar-refractivity contribution < 1.29 is 19.0 Å². The van der Waals surface area contributed by atoms with Crippen LogP contribution in [-0.2, 0) is 0 Å². The Hall–Kier alpha value is -3.28. The van der Waals surface area contributed by atoms with E-state index in [2.05, 4.69) is 4.99 Å². The van der Waals surface area contributed by atoms with Crippen molar-refractivity contribution in [2.75, 3.05) is 14.2 Å². The third-order valence-electron chi connectivity index (χ3n) is 3.54. The number of para-hydroxylation sites is 1. The largest absolute Gasteiger partial charge is 0.506 e. The summed E-state index contributed by atoms with van der Waals surface area (Å²) in [6.07, 6.45) is 1.26. The third kappa shape index (κ3) is 2.81. The number of rotatable bonds is 4. The van der Waals surface area contributed by atoms with Gasteiger partial charge in [0.05, 0.1) is 19.6 Å². The molecule has 0 radical (unpaired) electrons. The Morgan fingerprint density at radius 3 is 2.67 bits per heavy atom. The van der Waals surface area contributed by atoms with Crippen LogP contribution in [0.5, 0.6) is 17.2 Å². The monoisotopic (exact) mass is 325 g/mol. The molecule has 6 nitrogen and oxygen atoms in total. The number of methoxy groups -OCH3 is 2. The fourth-order valence-corrected chi connectivity index (χ4v) is 2.29. The van der Waals surface area contributed by atoms with E-state index in [1.165, 1.54) is 13.3 Å². The molecule has 122 valence electrons. The summed E-state index contributed by atoms with van der Waals surface area (Å²) in [4.78, 5) is 16.3. The average Bonchev–Trinajstić information content (AvgIpc) is 2.61. The van der Waals surface area contributed by atoms with Gasteiger partial charge in [0, 0.05) is 12.3 Å². The highest BCUT2D eigenvalue weighted by Gasteiger charge is 2.12. The second-order valence-electron chi connectivity index (χ2n) is 4.94. The molecule has 24 heavy (non-hydrogen) atoms. The number of fused-ring (bicyclic) bond motifs is 1. The van der Waals surface area contributed by atoms with E-state index >= 15 is 0 Å². The van der Waals surface area contributed by atoms with Crippen molar-refractivity contribution >= 4 is 22.9 Å². The fourth-order valence-electron chi connectivity index (χ4n) is 2.29. The Morgan fingerprint density at radius 1 is 1.12 bits per heavy atom. The molecule has 1 aromatic heterocycles. The lowest BCUT2D eigenvalue weighted by atomic mass is 10.1. The quantitative estimate of drug-likeness (QED) is 0.588. The fraction of sp³-hybridized carbons (Fsp3) is 0.111. The first-order valence-electron chi connectivity index (χ1n) is 7.15. The maximum absolute atomic E-state index is 12.1. The van der Waals surface area contributed by atoms with Crippen LogP contribution in [-0.4, -0.2) is 25.5 Å². The van der Waals surface area contributed by atoms with Crippen molar-refractivity contribution in [3.05, 3.63) is 58.4 Å². The summed E-state index contributed by atoms with van der Waals surface area (Å²) in [5.41, 5.74) is 0.124. The zero-order chi connectivity index (χ0) is 17.1. The molecule has 0 unspecified atom stereocenters. The first-order valence-corrected chi connectivity index (χ1v) is 7.15. The lowest BCUT2D eigenvalue weighted by Crippen LogP contribution is -2.06. The Bertz CT molecular complexity index is 975. The van der Waals surface area contributed by atoms with Gasteiger partial charge in [-0.1, -0.05) is 12.1 Å². The van der Waals surface area contributed by atoms with Crippen LogP contribution >= 0.6 is 0 Å². The van der Waals surface area contributed by atoms with Crippen molar-refractivity contribution in [2.24, 2.45) is 4.99 Å². The molecule has 0 saturated heterocycles. The molecule has 0 saturated carbocycles. The van der Waals surface area contributed by atoms with E-state index in [0.717, 1.165) is 0 Å². The van der Waals surface area contributed by atoms with Gasteiger partial charge >= 0.3 is 5.63 Å². The van der Waals surface area contributed by atoms with Crippen molar-refractivity contribution in [2.45, 2.75) is 0 Å². The average molecular weight is 325 g/mol. The lowest BCUT2D eigenvalue weighted by molar-refractivity contribution is 0.395. The van der Waals surface area contributed by atoms with E-state index in [9.17, 15) is 9.90 Å². The van der Waals surface area contributed by atoms with Gasteiger partial charge in [-0.2, -0.15) is 0 Å². The van der Waals surface area contributed by atoms with Gasteiger partial charge in [0.15, 0.2) is 0 Å². The molecule has 0 aliphatic carbocycles. The summed E-state index contributed by atoms with van der Waals surface area (Å²) in [7, 11) is 3.06. The Labute approximate surface area is 137 Å². The second-order valence-corrected chi connectivity index (χ2v) is 4.94. The highest BCUT2D eigenvalue weighted by atomic mass is 16.5. The molecule has 0 bridgehead atoms. The minimum Gasteiger partial charge on any atom is -0.506 e. The number of ether oxygens (including phenoxy) is 2. The summed E-state index contributed by atoms with van der Waals surface area (Å²) in [6.45, 7) is 0. The zero-order valence-electron chi connectivity index (χ0n) is 13.1. The highest BCUT2D eigenvalue weighted by Crippen LogP contribution is 2.32. The van der Waals surface area contributed by atoms with E-state index in [1.807, 2.05) is 0 Å². The molecule has 2 aromatic carbocycles. The van der Waals surface area contributed by atoms with Crippen LogP contribution in [0.25, 0.3) is 11.0 Å². The third-order valence-corrected chi connectivity index (χ3v) is 3.54. The number of nitrogens with zero attached hydrogens (tertiary/aromatic N) is 1. The molecular weight excluding hydrogens is 310 g/mol. The second kappa shape index (κ2) is 6.45. The standard InChI is InChI=1S/C18H15NO5/c1-22-11-7-8-14(16(9-11)23-2)19-10-13-17(20)12-5-3-4-6-15(12)24-18(13)21/h3-10,20H,1-2H3. The summed E-state index contributed by atoms with van der Waals surface area (Å²) in [5, 5.41) is 10.8. The van der Waals surface area contributed by atoms with Gasteiger partial charge in [-0.25, -0.2) is 4.79 Å². The Balaban J connectivity index is 2.07. The smallest absolute Gasteiger partial charge is 0.348 e. The minimum absolute atomic E-state index is 0.0217. The maximum atomic E-state index is 12.1. The van der Waals surface area contributed by atoms with E-state index in [0.29, 0.717) is 28.2 Å². The highest BCUT2D eigenvalue weighted by molar-refractivity contribution is 5.94. The molecule has 3 aromatic rings. The molecule has 3 rings (SSSR count). The van der Waals surface area contributed by atoms with E-state index in [1.54, 1.807) is 49.6 Å². The Morgan fingerprint density at radius 2 is 1.92 bits per heavy atom. The first-order chi connectivity index (χ1) is 11.6. The van der Waals surface area contributed by atoms with Crippen LogP contribution in [0.2, 0.25) is 0 Å². The van der Waals surface area contributed by atoms with E-state index in [-0.39, 0.29) is 11.3 Å². The number of hydrogen-bond acceptors (Lipinski definition) is 6. The van der Waals surface area contributed by atoms with Crippen LogP contribution in [0.15, 0.2) is 56.7 Å². The molecule has 0 fully saturated rings. The molecule has 1 N–H and O–H groups in total. The van der Waals surface area contributed by atoms with Crippen LogP contribution in [0.4, 0.5) is 5.69 Å². The number of hydrogen-bond donors (Lipinski definition) is 1. The summed E-state index contributed by atoms with van der Waals surface area (Å²) in [5.74, 6) is 0.937. The summed E-state index contributed by atoms with van der Waals surface area (Å²) in [6, 6.07) is 11.8. The molecule has 6 heteroatoms. The van der Waals surface area contributed by atoms with Crippen molar-refractivity contribution in [1.29, 1.82) is 0 Å². The topological polar surface area (TPSA) is 81.3 Å². The van der Waals surface area contributed by atoms with Gasteiger partial charge in [0.2, 0.25) is 0 Å². The van der Waals surface area contributed by atoms with E-state index in [4.69, 9.17) is 13.9 Å². The molecule has 1 heterocycles. The molecular formula is C18H15NO5. The summed E-state index contributed by atoms with van der Waals surface area (Å²) < 4.78 is 15.6. The Kier molecular flexibility index (Phi) is 4.20. The van der Waals surface area contributed by atoms with Gasteiger partial charge in [0.1, 0.15) is 34.1 Å². The van der Waals surface area contributed by atoms with Crippen LogP contribution in [0.3, 0.4) is 0 Å². The van der Waals surface area contributed by atoms with Crippen LogP contribution < -0.4 is 15.1 Å². The lowest BCUT2D eigenvalue weighted by Gasteiger charge is -2.07. The van der Waals surface area contributed by atoms with Gasteiger partial charge in [-0.15, -0.1) is 0 Å². The van der Waals surface area contributed by atoms with Gasteiger partial charge < -0.3 is 19.0 Å². The molecule has 0 atom stereocenters. The van der Waals surface area contributed by atoms with E-state index < -0.39 is 5.63 Å². The van der Waals surface area contributed by atoms with Gasteiger partial charge in [0.25, 0.3) is 0 Å². The normalized spacial score (nSPS) is 11.1. The van der Waals surface area contributed by atoms with Gasteiger partial charge in [-0.05, 0) is 24.3 Å². The maximum Gasteiger partial charge on any atom is 0.348 e. The van der Waals surface area contributed by atoms with Crippen molar-refractivity contribution in [3.8, 4) is 17.2 Å². The van der Waals surface area contributed by atoms with Crippen molar-refractivity contribution in [3.63, 3.8) is 0 Å². The first kappa shape index (κ1) is 15.6. The molecule has 0 amide bonds. The SMILES string of the molecule is COc1ccc(N=Cc2c(O)c3ccccc3oc2=O)c(OC)c1. The number of aliphatic imine (C=N–C) groups is 1. The number of benzene rings is 2. The molecule has 0 spiro atoms. The number of aromatic hydroxyl groups is 1. The van der Waals surface area contributed by atoms with Crippen LogP contribution in [0.1, 0.15) is 5.56 Å². The molecule has 0 aliphatic heterocycles.